The van der Waals surface area contributed by atoms with Crippen LogP contribution in [0.15, 0.2) is 36.4 Å². The van der Waals surface area contributed by atoms with Crippen molar-refractivity contribution in [2.75, 3.05) is 31.5 Å². The lowest BCUT2D eigenvalue weighted by Gasteiger charge is -2.21. The monoisotopic (exact) mass is 378 g/mol. The summed E-state index contributed by atoms with van der Waals surface area (Å²) in [5.74, 6) is 0. The molecule has 0 saturated heterocycles. The molecule has 2 aromatic rings. The standard InChI is InChI=1S/C21H28Cl2N2/c1-4-24-21-16(13-14-25(5-2)6-3)11-12-18(20(21)23)15-17-9-7-8-10-19(17)22/h7-12,24H,4-6,13-15H2,1-3H3. The van der Waals surface area contributed by atoms with E-state index in [9.17, 15) is 0 Å². The minimum Gasteiger partial charge on any atom is -0.384 e. The van der Waals surface area contributed by atoms with Crippen molar-refractivity contribution >= 4 is 28.9 Å². The van der Waals surface area contributed by atoms with Crippen LogP contribution in [0.25, 0.3) is 0 Å². The number of nitrogens with one attached hydrogen (secondary N) is 1. The number of nitrogens with zero attached hydrogens (tertiary/aromatic N) is 1. The summed E-state index contributed by atoms with van der Waals surface area (Å²) < 4.78 is 0. The zero-order chi connectivity index (χ0) is 18.2. The van der Waals surface area contributed by atoms with Gasteiger partial charge in [-0.1, -0.05) is 67.4 Å². The lowest BCUT2D eigenvalue weighted by atomic mass is 10.00. The van der Waals surface area contributed by atoms with Gasteiger partial charge in [0, 0.05) is 24.5 Å². The number of rotatable bonds is 9. The van der Waals surface area contributed by atoms with E-state index in [2.05, 4.69) is 49.2 Å². The van der Waals surface area contributed by atoms with Crippen molar-refractivity contribution in [2.45, 2.75) is 33.6 Å². The molecule has 0 spiro atoms. The highest BCUT2D eigenvalue weighted by atomic mass is 35.5. The van der Waals surface area contributed by atoms with Crippen molar-refractivity contribution in [3.63, 3.8) is 0 Å². The highest BCUT2D eigenvalue weighted by molar-refractivity contribution is 6.34. The normalized spacial score (nSPS) is 11.1. The summed E-state index contributed by atoms with van der Waals surface area (Å²) in [6, 6.07) is 12.3. The zero-order valence-corrected chi connectivity index (χ0v) is 16.9. The number of benzene rings is 2. The average molecular weight is 379 g/mol. The zero-order valence-electron chi connectivity index (χ0n) is 15.4. The number of halogens is 2. The first-order valence-corrected chi connectivity index (χ1v) is 9.86. The molecule has 0 heterocycles. The molecular formula is C21H28Cl2N2. The SMILES string of the molecule is CCNc1c(CCN(CC)CC)ccc(Cc2ccccc2Cl)c1Cl. The summed E-state index contributed by atoms with van der Waals surface area (Å²) in [4.78, 5) is 2.43. The minimum atomic E-state index is 0.743. The van der Waals surface area contributed by atoms with Crippen molar-refractivity contribution in [1.29, 1.82) is 0 Å². The van der Waals surface area contributed by atoms with E-state index in [1.165, 1.54) is 5.56 Å². The largest absolute Gasteiger partial charge is 0.384 e. The maximum atomic E-state index is 6.76. The molecule has 0 unspecified atom stereocenters. The summed E-state index contributed by atoms with van der Waals surface area (Å²) in [6.07, 6.45) is 1.74. The predicted octanol–water partition coefficient (Wildman–Crippen LogP) is 5.90. The van der Waals surface area contributed by atoms with Gasteiger partial charge in [-0.05, 0) is 49.2 Å². The van der Waals surface area contributed by atoms with Gasteiger partial charge in [0.15, 0.2) is 0 Å². The van der Waals surface area contributed by atoms with Crippen LogP contribution in [0.4, 0.5) is 5.69 Å². The number of hydrogen-bond donors (Lipinski definition) is 1. The van der Waals surface area contributed by atoms with E-state index in [4.69, 9.17) is 23.2 Å². The van der Waals surface area contributed by atoms with Crippen molar-refractivity contribution in [2.24, 2.45) is 0 Å². The second-order valence-corrected chi connectivity index (χ2v) is 6.93. The molecule has 4 heteroatoms. The molecule has 0 bridgehead atoms. The molecule has 1 N–H and O–H groups in total. The van der Waals surface area contributed by atoms with E-state index in [1.54, 1.807) is 0 Å². The Kier molecular flexibility index (Phi) is 8.08. The van der Waals surface area contributed by atoms with Crippen molar-refractivity contribution in [3.05, 3.63) is 63.1 Å². The van der Waals surface area contributed by atoms with Crippen molar-refractivity contribution < 1.29 is 0 Å². The van der Waals surface area contributed by atoms with Crippen LogP contribution in [0.5, 0.6) is 0 Å². The lowest BCUT2D eigenvalue weighted by Crippen LogP contribution is -2.25. The molecular weight excluding hydrogens is 351 g/mol. The molecule has 25 heavy (non-hydrogen) atoms. The Morgan fingerprint density at radius 3 is 2.20 bits per heavy atom. The third-order valence-corrected chi connectivity index (χ3v) is 5.39. The van der Waals surface area contributed by atoms with Gasteiger partial charge >= 0.3 is 0 Å². The van der Waals surface area contributed by atoms with E-state index in [-0.39, 0.29) is 0 Å². The van der Waals surface area contributed by atoms with Crippen LogP contribution < -0.4 is 5.32 Å². The van der Waals surface area contributed by atoms with E-state index < -0.39 is 0 Å². The van der Waals surface area contributed by atoms with Gasteiger partial charge < -0.3 is 10.2 Å². The molecule has 2 aromatic carbocycles. The van der Waals surface area contributed by atoms with Crippen LogP contribution >= 0.6 is 23.2 Å². The molecule has 136 valence electrons. The molecule has 2 nitrogen and oxygen atoms in total. The Bertz CT molecular complexity index is 682. The molecule has 0 radical (unpaired) electrons. The fourth-order valence-electron chi connectivity index (χ4n) is 3.04. The van der Waals surface area contributed by atoms with Crippen LogP contribution in [0.1, 0.15) is 37.5 Å². The minimum absolute atomic E-state index is 0.743. The summed E-state index contributed by atoms with van der Waals surface area (Å²) in [5, 5.41) is 5.07. The first-order valence-electron chi connectivity index (χ1n) is 9.10. The average Bonchev–Trinajstić information content (AvgIpc) is 2.62. The van der Waals surface area contributed by atoms with E-state index >= 15 is 0 Å². The lowest BCUT2D eigenvalue weighted by molar-refractivity contribution is 0.308. The van der Waals surface area contributed by atoms with Gasteiger partial charge in [0.25, 0.3) is 0 Å². The number of anilines is 1. The Morgan fingerprint density at radius 1 is 0.880 bits per heavy atom. The number of hydrogen-bond acceptors (Lipinski definition) is 2. The molecule has 0 aliphatic rings. The molecule has 0 aromatic heterocycles. The van der Waals surface area contributed by atoms with Crippen molar-refractivity contribution in [3.8, 4) is 0 Å². The van der Waals surface area contributed by atoms with E-state index in [0.717, 1.165) is 65.9 Å². The maximum Gasteiger partial charge on any atom is 0.0675 e. The van der Waals surface area contributed by atoms with E-state index in [0.29, 0.717) is 0 Å². The van der Waals surface area contributed by atoms with Gasteiger partial charge in [-0.25, -0.2) is 0 Å². The molecule has 0 fully saturated rings. The molecule has 0 saturated carbocycles. The second-order valence-electron chi connectivity index (χ2n) is 6.15. The van der Waals surface area contributed by atoms with Gasteiger partial charge in [-0.15, -0.1) is 0 Å². The summed E-state index contributed by atoms with van der Waals surface area (Å²) in [6.45, 7) is 10.6. The Morgan fingerprint density at radius 2 is 1.56 bits per heavy atom. The molecule has 0 atom stereocenters. The van der Waals surface area contributed by atoms with E-state index in [1.807, 2.05) is 18.2 Å². The Hall–Kier alpha value is -1.22. The Labute approximate surface area is 162 Å². The fraction of sp³-hybridized carbons (Fsp3) is 0.429. The van der Waals surface area contributed by atoms with Gasteiger partial charge in [0.2, 0.25) is 0 Å². The van der Waals surface area contributed by atoms with Crippen LogP contribution in [0, 0.1) is 0 Å². The van der Waals surface area contributed by atoms with Crippen LogP contribution in [0.3, 0.4) is 0 Å². The molecule has 0 amide bonds. The topological polar surface area (TPSA) is 15.3 Å². The molecule has 0 aliphatic heterocycles. The second kappa shape index (κ2) is 10.1. The highest BCUT2D eigenvalue weighted by Crippen LogP contribution is 2.33. The smallest absolute Gasteiger partial charge is 0.0675 e. The maximum absolute atomic E-state index is 6.76. The van der Waals surface area contributed by atoms with Gasteiger partial charge in [0.05, 0.1) is 10.7 Å². The first kappa shape index (κ1) is 20.1. The molecule has 2 rings (SSSR count). The third-order valence-electron chi connectivity index (χ3n) is 4.59. The highest BCUT2D eigenvalue weighted by Gasteiger charge is 2.13. The van der Waals surface area contributed by atoms with Gasteiger partial charge in [0.1, 0.15) is 0 Å². The van der Waals surface area contributed by atoms with Gasteiger partial charge in [-0.3, -0.25) is 0 Å². The summed E-state index contributed by atoms with van der Waals surface area (Å²) in [5.41, 5.74) is 4.56. The van der Waals surface area contributed by atoms with Crippen LogP contribution in [-0.2, 0) is 12.8 Å². The van der Waals surface area contributed by atoms with Crippen LogP contribution in [0.2, 0.25) is 10.0 Å². The number of likely N-dealkylation sites (N-methyl/N-ethyl adjacent to an activating group) is 1. The first-order chi connectivity index (χ1) is 12.1. The summed E-state index contributed by atoms with van der Waals surface area (Å²) in [7, 11) is 0. The quantitative estimate of drug-likeness (QED) is 0.584. The predicted molar refractivity (Wildman–Crippen MR) is 111 cm³/mol. The third kappa shape index (κ3) is 5.37. The fourth-order valence-corrected chi connectivity index (χ4v) is 3.56. The summed E-state index contributed by atoms with van der Waals surface area (Å²) >= 11 is 13.1. The van der Waals surface area contributed by atoms with Gasteiger partial charge in [-0.2, -0.15) is 0 Å². The molecule has 0 aliphatic carbocycles. The Balaban J connectivity index is 2.26. The van der Waals surface area contributed by atoms with Crippen molar-refractivity contribution in [1.82, 2.24) is 4.90 Å². The van der Waals surface area contributed by atoms with Crippen LogP contribution in [-0.4, -0.2) is 31.1 Å².